The lowest BCUT2D eigenvalue weighted by atomic mass is 9.99. The van der Waals surface area contributed by atoms with Gasteiger partial charge in [-0.25, -0.2) is 0 Å². The molecule has 1 aliphatic rings. The van der Waals surface area contributed by atoms with Gasteiger partial charge in [0.25, 0.3) is 0 Å². The molecule has 0 radical (unpaired) electrons. The van der Waals surface area contributed by atoms with Gasteiger partial charge in [0.1, 0.15) is 6.73 Å². The number of rotatable bonds is 2. The SMILES string of the molecule is O=C1C[C@@H](c2ccccc2)CN1CO. The van der Waals surface area contributed by atoms with Crippen molar-refractivity contribution in [2.75, 3.05) is 13.3 Å². The highest BCUT2D eigenvalue weighted by Gasteiger charge is 2.29. The molecule has 3 nitrogen and oxygen atoms in total. The molecule has 0 saturated carbocycles. The van der Waals surface area contributed by atoms with Crippen molar-refractivity contribution in [1.29, 1.82) is 0 Å². The summed E-state index contributed by atoms with van der Waals surface area (Å²) < 4.78 is 0. The molecule has 74 valence electrons. The Morgan fingerprint density at radius 3 is 2.64 bits per heavy atom. The van der Waals surface area contributed by atoms with E-state index >= 15 is 0 Å². The molecule has 0 bridgehead atoms. The predicted molar refractivity (Wildman–Crippen MR) is 52.6 cm³/mol. The van der Waals surface area contributed by atoms with Crippen molar-refractivity contribution in [2.45, 2.75) is 12.3 Å². The van der Waals surface area contributed by atoms with E-state index < -0.39 is 0 Å². The van der Waals surface area contributed by atoms with E-state index in [9.17, 15) is 4.79 Å². The summed E-state index contributed by atoms with van der Waals surface area (Å²) in [6.45, 7) is 0.474. The molecule has 0 aromatic heterocycles. The van der Waals surface area contributed by atoms with Gasteiger partial charge < -0.3 is 10.0 Å². The normalized spacial score (nSPS) is 21.6. The first kappa shape index (κ1) is 9.21. The Morgan fingerprint density at radius 2 is 2.07 bits per heavy atom. The zero-order valence-corrected chi connectivity index (χ0v) is 7.89. The number of benzene rings is 1. The molecule has 1 amide bonds. The molecule has 0 spiro atoms. The fourth-order valence-corrected chi connectivity index (χ4v) is 1.86. The predicted octanol–water partition coefficient (Wildman–Crippen LogP) is 0.952. The Hall–Kier alpha value is -1.35. The van der Waals surface area contributed by atoms with Gasteiger partial charge in [-0.3, -0.25) is 4.79 Å². The summed E-state index contributed by atoms with van der Waals surface area (Å²) >= 11 is 0. The van der Waals surface area contributed by atoms with Crippen LogP contribution >= 0.6 is 0 Å². The van der Waals surface area contributed by atoms with Crippen molar-refractivity contribution in [3.8, 4) is 0 Å². The van der Waals surface area contributed by atoms with Crippen LogP contribution in [0.5, 0.6) is 0 Å². The largest absolute Gasteiger partial charge is 0.376 e. The van der Waals surface area contributed by atoms with Crippen molar-refractivity contribution in [2.24, 2.45) is 0 Å². The van der Waals surface area contributed by atoms with Crippen LogP contribution in [0.25, 0.3) is 0 Å². The summed E-state index contributed by atoms with van der Waals surface area (Å²) in [4.78, 5) is 12.8. The van der Waals surface area contributed by atoms with Crippen LogP contribution in [0.15, 0.2) is 30.3 Å². The summed E-state index contributed by atoms with van der Waals surface area (Å²) in [6.07, 6.45) is 0.518. The van der Waals surface area contributed by atoms with Crippen molar-refractivity contribution in [3.63, 3.8) is 0 Å². The summed E-state index contributed by atoms with van der Waals surface area (Å²) in [6, 6.07) is 9.96. The van der Waals surface area contributed by atoms with Gasteiger partial charge in [0.2, 0.25) is 5.91 Å². The van der Waals surface area contributed by atoms with Crippen LogP contribution in [0.2, 0.25) is 0 Å². The topological polar surface area (TPSA) is 40.5 Å². The first-order valence-corrected chi connectivity index (χ1v) is 4.75. The standard InChI is InChI=1S/C11H13NO2/c13-8-12-7-10(6-11(12)14)9-4-2-1-3-5-9/h1-5,10,13H,6-8H2/t10-/m1/s1. The number of carbonyl (C=O) groups is 1. The zero-order chi connectivity index (χ0) is 9.97. The minimum Gasteiger partial charge on any atom is -0.376 e. The molecule has 3 heteroatoms. The third kappa shape index (κ3) is 1.63. The molecule has 14 heavy (non-hydrogen) atoms. The molecule has 1 aliphatic heterocycles. The van der Waals surface area contributed by atoms with Crippen molar-refractivity contribution >= 4 is 5.91 Å². The highest BCUT2D eigenvalue weighted by Crippen LogP contribution is 2.27. The second-order valence-corrected chi connectivity index (χ2v) is 3.57. The number of likely N-dealkylation sites (tertiary alicyclic amines) is 1. The van der Waals surface area contributed by atoms with E-state index in [2.05, 4.69) is 0 Å². The maximum absolute atomic E-state index is 11.4. The highest BCUT2D eigenvalue weighted by molar-refractivity contribution is 5.79. The van der Waals surface area contributed by atoms with Crippen molar-refractivity contribution in [3.05, 3.63) is 35.9 Å². The second kappa shape index (κ2) is 3.80. The van der Waals surface area contributed by atoms with Gasteiger partial charge in [-0.15, -0.1) is 0 Å². The van der Waals surface area contributed by atoms with Crippen LogP contribution < -0.4 is 0 Å². The summed E-state index contributed by atoms with van der Waals surface area (Å²) in [5, 5.41) is 8.91. The molecule has 1 N–H and O–H groups in total. The van der Waals surface area contributed by atoms with Gasteiger partial charge in [-0.05, 0) is 5.56 Å². The van der Waals surface area contributed by atoms with Crippen LogP contribution in [0.3, 0.4) is 0 Å². The smallest absolute Gasteiger partial charge is 0.225 e. The molecule has 2 rings (SSSR count). The number of hydrogen-bond donors (Lipinski definition) is 1. The van der Waals surface area contributed by atoms with E-state index in [1.165, 1.54) is 10.5 Å². The minimum atomic E-state index is -0.165. The number of aliphatic hydroxyl groups is 1. The molecule has 1 fully saturated rings. The van der Waals surface area contributed by atoms with E-state index in [1.54, 1.807) is 0 Å². The monoisotopic (exact) mass is 191 g/mol. The fourth-order valence-electron chi connectivity index (χ4n) is 1.86. The van der Waals surface area contributed by atoms with E-state index in [-0.39, 0.29) is 18.6 Å². The first-order chi connectivity index (χ1) is 6.81. The molecule has 1 heterocycles. The van der Waals surface area contributed by atoms with Gasteiger partial charge >= 0.3 is 0 Å². The Morgan fingerprint density at radius 1 is 1.36 bits per heavy atom. The lowest BCUT2D eigenvalue weighted by Gasteiger charge is -2.12. The van der Waals surface area contributed by atoms with Crippen LogP contribution in [0, 0.1) is 0 Å². The molecule has 1 aromatic rings. The lowest BCUT2D eigenvalue weighted by molar-refractivity contribution is -0.130. The third-order valence-corrected chi connectivity index (χ3v) is 2.66. The van der Waals surface area contributed by atoms with Gasteiger partial charge in [0.15, 0.2) is 0 Å². The molecule has 1 atom stereocenters. The fraction of sp³-hybridized carbons (Fsp3) is 0.364. The van der Waals surface area contributed by atoms with E-state index in [4.69, 9.17) is 5.11 Å². The second-order valence-electron chi connectivity index (χ2n) is 3.57. The number of carbonyl (C=O) groups excluding carboxylic acids is 1. The molecule has 1 saturated heterocycles. The van der Waals surface area contributed by atoms with Gasteiger partial charge in [-0.1, -0.05) is 30.3 Å². The number of nitrogens with zero attached hydrogens (tertiary/aromatic N) is 1. The van der Waals surface area contributed by atoms with Gasteiger partial charge in [0.05, 0.1) is 0 Å². The zero-order valence-electron chi connectivity index (χ0n) is 7.89. The summed E-state index contributed by atoms with van der Waals surface area (Å²) in [5.74, 6) is 0.289. The maximum Gasteiger partial charge on any atom is 0.225 e. The number of hydrogen-bond acceptors (Lipinski definition) is 2. The molecular weight excluding hydrogens is 178 g/mol. The van der Waals surface area contributed by atoms with Crippen molar-refractivity contribution in [1.82, 2.24) is 4.90 Å². The minimum absolute atomic E-state index is 0.0429. The third-order valence-electron chi connectivity index (χ3n) is 2.66. The Kier molecular flexibility index (Phi) is 2.50. The number of amides is 1. The van der Waals surface area contributed by atoms with Gasteiger partial charge in [0, 0.05) is 18.9 Å². The van der Waals surface area contributed by atoms with Crippen molar-refractivity contribution < 1.29 is 9.90 Å². The van der Waals surface area contributed by atoms with Crippen LogP contribution in [-0.4, -0.2) is 29.2 Å². The van der Waals surface area contributed by atoms with E-state index in [1.807, 2.05) is 30.3 Å². The Labute approximate surface area is 83.0 Å². The van der Waals surface area contributed by atoms with E-state index in [0.29, 0.717) is 13.0 Å². The highest BCUT2D eigenvalue weighted by atomic mass is 16.3. The molecular formula is C11H13NO2. The molecule has 0 unspecified atom stereocenters. The summed E-state index contributed by atoms with van der Waals surface area (Å²) in [5.41, 5.74) is 1.18. The van der Waals surface area contributed by atoms with E-state index in [0.717, 1.165) is 0 Å². The summed E-state index contributed by atoms with van der Waals surface area (Å²) in [7, 11) is 0. The average Bonchev–Trinajstić information content (AvgIpc) is 2.61. The van der Waals surface area contributed by atoms with Crippen LogP contribution in [0.4, 0.5) is 0 Å². The molecule has 0 aliphatic carbocycles. The average molecular weight is 191 g/mol. The maximum atomic E-state index is 11.4. The van der Waals surface area contributed by atoms with Crippen LogP contribution in [0.1, 0.15) is 17.9 Å². The first-order valence-electron chi connectivity index (χ1n) is 4.75. The Balaban J connectivity index is 2.13. The van der Waals surface area contributed by atoms with Crippen LogP contribution in [-0.2, 0) is 4.79 Å². The van der Waals surface area contributed by atoms with Gasteiger partial charge in [-0.2, -0.15) is 0 Å². The quantitative estimate of drug-likeness (QED) is 0.756. The number of aliphatic hydroxyl groups excluding tert-OH is 1. The lowest BCUT2D eigenvalue weighted by Crippen LogP contribution is -2.25. The molecule has 1 aromatic carbocycles. The Bertz CT molecular complexity index is 323.